The van der Waals surface area contributed by atoms with E-state index >= 15 is 0 Å². The Kier molecular flexibility index (Phi) is 6.60. The van der Waals surface area contributed by atoms with Crippen LogP contribution in [0.5, 0.6) is 5.75 Å². The van der Waals surface area contributed by atoms with Crippen LogP contribution in [-0.4, -0.2) is 25.6 Å². The van der Waals surface area contributed by atoms with Crippen LogP contribution in [0.15, 0.2) is 48.5 Å². The Bertz CT molecular complexity index is 785. The number of esters is 1. The van der Waals surface area contributed by atoms with Crippen molar-refractivity contribution in [3.63, 3.8) is 0 Å². The summed E-state index contributed by atoms with van der Waals surface area (Å²) in [5.74, 6) is -0.313. The molecule has 0 heterocycles. The third-order valence-corrected chi connectivity index (χ3v) is 3.74. The third kappa shape index (κ3) is 5.97. The van der Waals surface area contributed by atoms with E-state index in [2.05, 4.69) is 5.32 Å². The minimum atomic E-state index is -0.604. The summed E-state index contributed by atoms with van der Waals surface area (Å²) in [4.78, 5) is 23.4. The fraction of sp³-hybridized carbons (Fsp3) is 0.158. The van der Waals surface area contributed by atoms with Crippen molar-refractivity contribution in [2.45, 2.75) is 6.92 Å². The highest BCUT2D eigenvalue weighted by Gasteiger charge is 2.06. The topological polar surface area (TPSA) is 64.6 Å². The van der Waals surface area contributed by atoms with Gasteiger partial charge in [0.15, 0.2) is 6.61 Å². The standard InChI is InChI=1S/C19H18ClNO4/c1-13-3-7-15(11-17(13)20)21-18(22)12-25-19(23)10-6-14-4-8-16(24-2)9-5-14/h3-11H,12H2,1-2H3,(H,21,22)/b10-6+. The molecule has 0 saturated heterocycles. The number of hydrogen-bond acceptors (Lipinski definition) is 4. The number of ether oxygens (including phenoxy) is 2. The summed E-state index contributed by atoms with van der Waals surface area (Å²) < 4.78 is 9.96. The van der Waals surface area contributed by atoms with Gasteiger partial charge in [-0.3, -0.25) is 4.79 Å². The molecule has 0 fully saturated rings. The number of anilines is 1. The van der Waals surface area contributed by atoms with Gasteiger partial charge in [-0.2, -0.15) is 0 Å². The molecule has 5 nitrogen and oxygen atoms in total. The average molecular weight is 360 g/mol. The molecule has 1 N–H and O–H groups in total. The number of amides is 1. The van der Waals surface area contributed by atoms with Crippen LogP contribution in [0.25, 0.3) is 6.08 Å². The maximum Gasteiger partial charge on any atom is 0.331 e. The Morgan fingerprint density at radius 3 is 2.52 bits per heavy atom. The van der Waals surface area contributed by atoms with Gasteiger partial charge in [0.2, 0.25) is 0 Å². The zero-order valence-corrected chi connectivity index (χ0v) is 14.7. The number of methoxy groups -OCH3 is 1. The van der Waals surface area contributed by atoms with Crippen LogP contribution in [0.3, 0.4) is 0 Å². The lowest BCUT2D eigenvalue weighted by Gasteiger charge is -2.07. The summed E-state index contributed by atoms with van der Waals surface area (Å²) in [6, 6.07) is 12.3. The van der Waals surface area contributed by atoms with Crippen LogP contribution in [0.4, 0.5) is 5.69 Å². The molecule has 0 aliphatic carbocycles. The number of aryl methyl sites for hydroxylation is 1. The van der Waals surface area contributed by atoms with Gasteiger partial charge in [-0.1, -0.05) is 29.8 Å². The zero-order valence-electron chi connectivity index (χ0n) is 13.9. The number of benzene rings is 2. The van der Waals surface area contributed by atoms with Crippen molar-refractivity contribution < 1.29 is 19.1 Å². The van der Waals surface area contributed by atoms with Gasteiger partial charge in [-0.05, 0) is 48.4 Å². The Balaban J connectivity index is 1.81. The highest BCUT2D eigenvalue weighted by molar-refractivity contribution is 6.31. The summed E-state index contributed by atoms with van der Waals surface area (Å²) in [6.07, 6.45) is 2.86. The van der Waals surface area contributed by atoms with Gasteiger partial charge in [0, 0.05) is 16.8 Å². The van der Waals surface area contributed by atoms with Crippen LogP contribution in [0, 0.1) is 6.92 Å². The molecular weight excluding hydrogens is 342 g/mol. The molecule has 0 spiro atoms. The van der Waals surface area contributed by atoms with E-state index in [0.717, 1.165) is 16.9 Å². The Labute approximate surface area is 151 Å². The van der Waals surface area contributed by atoms with E-state index in [9.17, 15) is 9.59 Å². The minimum absolute atomic E-state index is 0.378. The molecule has 0 aliphatic heterocycles. The molecule has 0 radical (unpaired) electrons. The van der Waals surface area contributed by atoms with Crippen LogP contribution >= 0.6 is 11.6 Å². The lowest BCUT2D eigenvalue weighted by atomic mass is 10.2. The van der Waals surface area contributed by atoms with Gasteiger partial charge in [-0.25, -0.2) is 4.79 Å². The van der Waals surface area contributed by atoms with Crippen LogP contribution in [-0.2, 0) is 14.3 Å². The van der Waals surface area contributed by atoms with E-state index in [-0.39, 0.29) is 6.61 Å². The van der Waals surface area contributed by atoms with Crippen molar-refractivity contribution in [1.82, 2.24) is 0 Å². The van der Waals surface area contributed by atoms with Gasteiger partial charge in [-0.15, -0.1) is 0 Å². The summed E-state index contributed by atoms with van der Waals surface area (Å²) in [5, 5.41) is 3.17. The fourth-order valence-electron chi connectivity index (χ4n) is 1.93. The number of carbonyl (C=O) groups is 2. The van der Waals surface area contributed by atoms with E-state index in [1.807, 2.05) is 6.92 Å². The molecule has 0 unspecified atom stereocenters. The second kappa shape index (κ2) is 8.89. The first-order valence-electron chi connectivity index (χ1n) is 7.53. The van der Waals surface area contributed by atoms with E-state index in [1.54, 1.807) is 55.7 Å². The van der Waals surface area contributed by atoms with Crippen molar-refractivity contribution in [2.24, 2.45) is 0 Å². The molecule has 0 bridgehead atoms. The first kappa shape index (κ1) is 18.5. The molecule has 25 heavy (non-hydrogen) atoms. The summed E-state index contributed by atoms with van der Waals surface area (Å²) >= 11 is 5.99. The minimum Gasteiger partial charge on any atom is -0.497 e. The number of halogens is 1. The summed E-state index contributed by atoms with van der Waals surface area (Å²) in [5.41, 5.74) is 2.27. The first-order valence-corrected chi connectivity index (χ1v) is 7.90. The fourth-order valence-corrected chi connectivity index (χ4v) is 2.11. The zero-order chi connectivity index (χ0) is 18.2. The molecule has 2 aromatic rings. The lowest BCUT2D eigenvalue weighted by molar-refractivity contribution is -0.142. The van der Waals surface area contributed by atoms with Crippen molar-refractivity contribution in [2.75, 3.05) is 19.0 Å². The second-order valence-corrected chi connectivity index (χ2v) is 5.63. The number of carbonyl (C=O) groups excluding carboxylic acids is 2. The smallest absolute Gasteiger partial charge is 0.331 e. The summed E-state index contributed by atoms with van der Waals surface area (Å²) in [7, 11) is 1.58. The maximum absolute atomic E-state index is 11.8. The molecule has 0 aromatic heterocycles. The number of hydrogen-bond donors (Lipinski definition) is 1. The Morgan fingerprint density at radius 2 is 1.88 bits per heavy atom. The monoisotopic (exact) mass is 359 g/mol. The molecule has 2 aromatic carbocycles. The van der Waals surface area contributed by atoms with E-state index in [1.165, 1.54) is 6.08 Å². The van der Waals surface area contributed by atoms with E-state index in [0.29, 0.717) is 10.7 Å². The first-order chi connectivity index (χ1) is 12.0. The molecule has 0 saturated carbocycles. The van der Waals surface area contributed by atoms with Crippen LogP contribution < -0.4 is 10.1 Å². The van der Waals surface area contributed by atoms with Crippen molar-refractivity contribution in [3.05, 3.63) is 64.7 Å². The molecule has 130 valence electrons. The second-order valence-electron chi connectivity index (χ2n) is 5.23. The Hall–Kier alpha value is -2.79. The van der Waals surface area contributed by atoms with Gasteiger partial charge < -0.3 is 14.8 Å². The van der Waals surface area contributed by atoms with E-state index < -0.39 is 11.9 Å². The number of nitrogens with one attached hydrogen (secondary N) is 1. The number of rotatable bonds is 6. The third-order valence-electron chi connectivity index (χ3n) is 3.33. The molecular formula is C19H18ClNO4. The van der Waals surface area contributed by atoms with Crippen molar-refractivity contribution in [1.29, 1.82) is 0 Å². The van der Waals surface area contributed by atoms with Gasteiger partial charge in [0.1, 0.15) is 5.75 Å². The normalized spacial score (nSPS) is 10.5. The average Bonchev–Trinajstić information content (AvgIpc) is 2.61. The van der Waals surface area contributed by atoms with Crippen molar-refractivity contribution in [3.8, 4) is 5.75 Å². The molecule has 6 heteroatoms. The van der Waals surface area contributed by atoms with Crippen molar-refractivity contribution >= 4 is 35.2 Å². The summed E-state index contributed by atoms with van der Waals surface area (Å²) in [6.45, 7) is 1.49. The maximum atomic E-state index is 11.8. The molecule has 0 aliphatic rings. The molecule has 0 atom stereocenters. The Morgan fingerprint density at radius 1 is 1.16 bits per heavy atom. The quantitative estimate of drug-likeness (QED) is 0.628. The van der Waals surface area contributed by atoms with Gasteiger partial charge >= 0.3 is 5.97 Å². The largest absolute Gasteiger partial charge is 0.497 e. The predicted octanol–water partition coefficient (Wildman–Crippen LogP) is 3.85. The molecule has 1 amide bonds. The van der Waals surface area contributed by atoms with Gasteiger partial charge in [0.25, 0.3) is 5.91 Å². The predicted molar refractivity (Wildman–Crippen MR) is 97.8 cm³/mol. The molecule has 2 rings (SSSR count). The van der Waals surface area contributed by atoms with Gasteiger partial charge in [0.05, 0.1) is 7.11 Å². The lowest BCUT2D eigenvalue weighted by Crippen LogP contribution is -2.20. The SMILES string of the molecule is COc1ccc(/C=C/C(=O)OCC(=O)Nc2ccc(C)c(Cl)c2)cc1. The highest BCUT2D eigenvalue weighted by atomic mass is 35.5. The van der Waals surface area contributed by atoms with Crippen LogP contribution in [0.1, 0.15) is 11.1 Å². The highest BCUT2D eigenvalue weighted by Crippen LogP contribution is 2.19. The van der Waals surface area contributed by atoms with Crippen LogP contribution in [0.2, 0.25) is 5.02 Å². The van der Waals surface area contributed by atoms with E-state index in [4.69, 9.17) is 21.1 Å².